The van der Waals surface area contributed by atoms with E-state index in [0.717, 1.165) is 0 Å². The molecule has 0 heterocycles. The largest absolute Gasteiger partial charge is 0.478 e. The van der Waals surface area contributed by atoms with Crippen LogP contribution < -0.4 is 5.32 Å². The molecule has 0 aromatic rings. The number of alkyl halides is 3. The van der Waals surface area contributed by atoms with Gasteiger partial charge >= 0.3 is 5.97 Å². The van der Waals surface area contributed by atoms with Crippen molar-refractivity contribution in [1.29, 1.82) is 0 Å². The number of rotatable bonds is 2. The molecule has 86 valence electrons. The van der Waals surface area contributed by atoms with Crippen molar-refractivity contribution in [3.8, 4) is 0 Å². The number of aliphatic hydroxyl groups excluding tert-OH is 2. The summed E-state index contributed by atoms with van der Waals surface area (Å²) in [5.74, 6) is -1.46. The molecule has 0 bridgehead atoms. The molecule has 2 atom stereocenters. The van der Waals surface area contributed by atoms with Crippen LogP contribution in [0.15, 0.2) is 0 Å². The quantitative estimate of drug-likeness (QED) is 0.437. The molecule has 0 aromatic heterocycles. The lowest BCUT2D eigenvalue weighted by molar-refractivity contribution is -0.135. The van der Waals surface area contributed by atoms with Gasteiger partial charge in [-0.1, -0.05) is 34.8 Å². The molecule has 0 saturated carbocycles. The number of hydrogen-bond donors (Lipinski definition) is 4. The molecule has 0 fully saturated rings. The fraction of sp³-hybridized carbons (Fsp3) is 0.833. The lowest BCUT2D eigenvalue weighted by Crippen LogP contribution is -2.33. The van der Waals surface area contributed by atoms with Crippen LogP contribution in [0.25, 0.3) is 0 Å². The molecule has 14 heavy (non-hydrogen) atoms. The maximum atomic E-state index is 9.62. The molecule has 0 aliphatic carbocycles. The first-order chi connectivity index (χ1) is 6.07. The van der Waals surface area contributed by atoms with Gasteiger partial charge in [0, 0.05) is 0 Å². The summed E-state index contributed by atoms with van der Waals surface area (Å²) in [5, 5.41) is 27.2. The number of carbonyl (C=O) groups is 1. The zero-order valence-electron chi connectivity index (χ0n) is 7.54. The van der Waals surface area contributed by atoms with Gasteiger partial charge in [-0.2, -0.15) is 0 Å². The monoisotopic (exact) mass is 267 g/mol. The second-order valence-electron chi connectivity index (χ2n) is 2.32. The SMILES string of the molecule is CC(O)NC(C)O.O=C(O)C(Cl)(Cl)Cl. The highest BCUT2D eigenvalue weighted by Crippen LogP contribution is 2.25. The predicted octanol–water partition coefficient (Wildman–Crippen LogP) is 0.694. The summed E-state index contributed by atoms with van der Waals surface area (Å²) >= 11 is 14.4. The first-order valence-electron chi connectivity index (χ1n) is 3.49. The van der Waals surface area contributed by atoms with Crippen LogP contribution >= 0.6 is 34.8 Å². The fourth-order valence-corrected chi connectivity index (χ4v) is 0.349. The summed E-state index contributed by atoms with van der Waals surface area (Å²) in [5.41, 5.74) is 0. The van der Waals surface area contributed by atoms with Crippen LogP contribution in [0.1, 0.15) is 13.8 Å². The number of nitrogens with one attached hydrogen (secondary N) is 1. The molecule has 0 saturated heterocycles. The molecule has 4 N–H and O–H groups in total. The molecule has 0 spiro atoms. The van der Waals surface area contributed by atoms with Gasteiger partial charge in [-0.3, -0.25) is 5.32 Å². The topological polar surface area (TPSA) is 89.8 Å². The number of carboxylic acids is 1. The van der Waals surface area contributed by atoms with E-state index in [4.69, 9.17) is 50.1 Å². The average molecular weight is 269 g/mol. The Morgan fingerprint density at radius 2 is 1.43 bits per heavy atom. The normalized spacial score (nSPS) is 15.1. The zero-order chi connectivity index (χ0) is 11.9. The molecule has 0 radical (unpaired) electrons. The molecule has 5 nitrogen and oxygen atoms in total. The number of aliphatic hydroxyl groups is 2. The first kappa shape index (κ1) is 16.6. The smallest absolute Gasteiger partial charge is 0.356 e. The Morgan fingerprint density at radius 1 is 1.21 bits per heavy atom. The van der Waals surface area contributed by atoms with Crippen LogP contribution in [0.4, 0.5) is 0 Å². The van der Waals surface area contributed by atoms with E-state index in [1.807, 2.05) is 0 Å². The minimum atomic E-state index is -2.17. The van der Waals surface area contributed by atoms with Gasteiger partial charge in [-0.25, -0.2) is 4.79 Å². The van der Waals surface area contributed by atoms with Crippen molar-refractivity contribution < 1.29 is 20.1 Å². The van der Waals surface area contributed by atoms with Crippen LogP contribution in [-0.2, 0) is 4.79 Å². The summed E-state index contributed by atoms with van der Waals surface area (Å²) in [4.78, 5) is 9.62. The Morgan fingerprint density at radius 3 is 1.43 bits per heavy atom. The summed E-state index contributed by atoms with van der Waals surface area (Å²) in [6.07, 6.45) is -1.25. The van der Waals surface area contributed by atoms with Crippen molar-refractivity contribution in [2.75, 3.05) is 0 Å². The summed E-state index contributed by atoms with van der Waals surface area (Å²) in [6, 6.07) is 0. The Labute approximate surface area is 96.6 Å². The lowest BCUT2D eigenvalue weighted by atomic mass is 10.6. The van der Waals surface area contributed by atoms with E-state index in [0.29, 0.717) is 0 Å². The van der Waals surface area contributed by atoms with Crippen LogP contribution in [0, 0.1) is 0 Å². The highest BCUT2D eigenvalue weighted by Gasteiger charge is 2.29. The summed E-state index contributed by atoms with van der Waals surface area (Å²) < 4.78 is -2.17. The van der Waals surface area contributed by atoms with E-state index in [9.17, 15) is 4.79 Å². The van der Waals surface area contributed by atoms with Crippen molar-refractivity contribution in [1.82, 2.24) is 5.32 Å². The minimum absolute atomic E-state index is 0.625. The third-order valence-corrected chi connectivity index (χ3v) is 1.21. The second-order valence-corrected chi connectivity index (χ2v) is 4.60. The molecule has 8 heteroatoms. The van der Waals surface area contributed by atoms with E-state index in [-0.39, 0.29) is 0 Å². The zero-order valence-corrected chi connectivity index (χ0v) is 9.81. The second kappa shape index (κ2) is 7.50. The maximum absolute atomic E-state index is 9.62. The van der Waals surface area contributed by atoms with Crippen molar-refractivity contribution in [2.24, 2.45) is 0 Å². The molecular weight excluding hydrogens is 256 g/mol. The van der Waals surface area contributed by atoms with Crippen molar-refractivity contribution >= 4 is 40.8 Å². The summed E-state index contributed by atoms with van der Waals surface area (Å²) in [7, 11) is 0. The molecule has 0 amide bonds. The highest BCUT2D eigenvalue weighted by molar-refractivity contribution is 6.75. The Bertz CT molecular complexity index is 163. The van der Waals surface area contributed by atoms with Gasteiger partial charge in [0.2, 0.25) is 0 Å². The average Bonchev–Trinajstić information content (AvgIpc) is 1.81. The van der Waals surface area contributed by atoms with Gasteiger partial charge < -0.3 is 15.3 Å². The fourth-order valence-electron chi connectivity index (χ4n) is 0.349. The van der Waals surface area contributed by atoms with Crippen LogP contribution in [0.3, 0.4) is 0 Å². The molecule has 0 rings (SSSR count). The number of halogens is 3. The van der Waals surface area contributed by atoms with E-state index >= 15 is 0 Å². The van der Waals surface area contributed by atoms with E-state index in [1.165, 1.54) is 0 Å². The molecule has 0 aliphatic rings. The van der Waals surface area contributed by atoms with E-state index < -0.39 is 22.2 Å². The molecule has 0 aliphatic heterocycles. The third-order valence-electron chi connectivity index (χ3n) is 0.725. The van der Waals surface area contributed by atoms with Crippen LogP contribution in [0.2, 0.25) is 0 Å². The Kier molecular flexibility index (Phi) is 8.92. The number of aliphatic carboxylic acids is 1. The van der Waals surface area contributed by atoms with Gasteiger partial charge in [0.25, 0.3) is 3.79 Å². The van der Waals surface area contributed by atoms with Gasteiger partial charge in [0.05, 0.1) is 0 Å². The van der Waals surface area contributed by atoms with E-state index in [2.05, 4.69) is 5.32 Å². The summed E-state index contributed by atoms with van der Waals surface area (Å²) in [6.45, 7) is 3.10. The minimum Gasteiger partial charge on any atom is -0.478 e. The predicted molar refractivity (Wildman–Crippen MR) is 54.4 cm³/mol. The van der Waals surface area contributed by atoms with Crippen molar-refractivity contribution in [3.05, 3.63) is 0 Å². The van der Waals surface area contributed by atoms with Crippen LogP contribution in [0.5, 0.6) is 0 Å². The standard InChI is InChI=1S/C4H11NO2.C2HCl3O2/c1-3(6)5-4(2)7;3-2(4,5)1(6)7/h3-7H,1-2H3;(H,6,7). The Hall–Kier alpha value is 0.220. The Balaban J connectivity index is 0. The van der Waals surface area contributed by atoms with Gasteiger partial charge in [-0.15, -0.1) is 0 Å². The number of carboxylic acid groups (broad SMARTS) is 1. The first-order valence-corrected chi connectivity index (χ1v) is 4.63. The van der Waals surface area contributed by atoms with Crippen LogP contribution in [-0.4, -0.2) is 37.5 Å². The molecule has 0 aromatic carbocycles. The van der Waals surface area contributed by atoms with Crippen molar-refractivity contribution in [2.45, 2.75) is 30.1 Å². The molecule has 2 unspecified atom stereocenters. The van der Waals surface area contributed by atoms with Gasteiger partial charge in [0.1, 0.15) is 12.5 Å². The highest BCUT2D eigenvalue weighted by atomic mass is 35.6. The number of hydrogen-bond acceptors (Lipinski definition) is 4. The molecular formula is C6H12Cl3NO4. The van der Waals surface area contributed by atoms with Gasteiger partial charge in [-0.05, 0) is 13.8 Å². The third kappa shape index (κ3) is 14.7. The maximum Gasteiger partial charge on any atom is 0.356 e. The van der Waals surface area contributed by atoms with Crippen molar-refractivity contribution in [3.63, 3.8) is 0 Å². The van der Waals surface area contributed by atoms with E-state index in [1.54, 1.807) is 13.8 Å². The van der Waals surface area contributed by atoms with Gasteiger partial charge in [0.15, 0.2) is 0 Å². The lowest BCUT2D eigenvalue weighted by Gasteiger charge is -2.08.